The minimum absolute atomic E-state index is 0.196. The third-order valence-corrected chi connectivity index (χ3v) is 6.60. The second kappa shape index (κ2) is 8.79. The number of halogens is 1. The van der Waals surface area contributed by atoms with Crippen LogP contribution in [0.3, 0.4) is 0 Å². The second-order valence-corrected chi connectivity index (χ2v) is 8.25. The van der Waals surface area contributed by atoms with Crippen LogP contribution < -0.4 is 0 Å². The van der Waals surface area contributed by atoms with Crippen LogP contribution in [-0.4, -0.2) is 61.8 Å². The number of hydrogen-bond donors (Lipinski definition) is 0. The molecule has 1 atom stereocenters. The number of carbonyl (C=O) groups is 2. The predicted molar refractivity (Wildman–Crippen MR) is 97.2 cm³/mol. The molecule has 1 aliphatic rings. The average Bonchev–Trinajstić information content (AvgIpc) is 3.16. The van der Waals surface area contributed by atoms with Crippen LogP contribution in [0.1, 0.15) is 44.0 Å². The minimum atomic E-state index is -3.85. The summed E-state index contributed by atoms with van der Waals surface area (Å²) in [6.45, 7) is 6.50. The Labute approximate surface area is 159 Å². The Morgan fingerprint density at radius 2 is 1.81 bits per heavy atom. The van der Waals surface area contributed by atoms with E-state index in [0.717, 1.165) is 31.0 Å². The van der Waals surface area contributed by atoms with Crippen LogP contribution in [0.4, 0.5) is 4.39 Å². The number of hydrogen-bond acceptors (Lipinski definition) is 5. The SMILES string of the molecule is CCN(CC)S(=O)(=O)c1ccc(F)c(C(=O)O[C@H](C)C(=O)N2CCCC2)c1. The van der Waals surface area contributed by atoms with E-state index in [0.29, 0.717) is 13.1 Å². The summed E-state index contributed by atoms with van der Waals surface area (Å²) in [6.07, 6.45) is 0.719. The van der Waals surface area contributed by atoms with E-state index in [2.05, 4.69) is 0 Å². The zero-order valence-corrected chi connectivity index (χ0v) is 16.6. The maximum Gasteiger partial charge on any atom is 0.341 e. The molecule has 1 aromatic carbocycles. The Balaban J connectivity index is 2.22. The van der Waals surface area contributed by atoms with Crippen molar-refractivity contribution in [1.82, 2.24) is 9.21 Å². The molecule has 1 amide bonds. The quantitative estimate of drug-likeness (QED) is 0.654. The number of rotatable bonds is 7. The van der Waals surface area contributed by atoms with E-state index in [1.165, 1.54) is 11.2 Å². The van der Waals surface area contributed by atoms with Crippen molar-refractivity contribution in [3.05, 3.63) is 29.6 Å². The Bertz CT molecular complexity index is 802. The van der Waals surface area contributed by atoms with Gasteiger partial charge in [-0.25, -0.2) is 17.6 Å². The van der Waals surface area contributed by atoms with E-state index in [9.17, 15) is 22.4 Å². The lowest BCUT2D eigenvalue weighted by Crippen LogP contribution is -2.38. The number of ether oxygens (including phenoxy) is 1. The summed E-state index contributed by atoms with van der Waals surface area (Å²) in [5.74, 6) is -2.31. The van der Waals surface area contributed by atoms with Crippen molar-refractivity contribution in [3.63, 3.8) is 0 Å². The third-order valence-electron chi connectivity index (χ3n) is 4.55. The topological polar surface area (TPSA) is 84.0 Å². The molecule has 1 fully saturated rings. The molecule has 0 radical (unpaired) electrons. The molecule has 0 aromatic heterocycles. The van der Waals surface area contributed by atoms with Gasteiger partial charge in [-0.05, 0) is 38.0 Å². The Morgan fingerprint density at radius 3 is 2.37 bits per heavy atom. The normalized spacial score (nSPS) is 15.8. The van der Waals surface area contributed by atoms with Gasteiger partial charge in [0.1, 0.15) is 5.82 Å². The molecule has 9 heteroatoms. The number of esters is 1. The molecule has 0 N–H and O–H groups in total. The van der Waals surface area contributed by atoms with Crippen LogP contribution in [0.15, 0.2) is 23.1 Å². The maximum absolute atomic E-state index is 14.1. The van der Waals surface area contributed by atoms with Crippen molar-refractivity contribution in [2.75, 3.05) is 26.2 Å². The first kappa shape index (κ1) is 21.3. The molecule has 1 heterocycles. The highest BCUT2D eigenvalue weighted by Gasteiger charge is 2.29. The third kappa shape index (κ3) is 4.65. The van der Waals surface area contributed by atoms with Crippen LogP contribution in [0.2, 0.25) is 0 Å². The molecule has 150 valence electrons. The molecule has 0 saturated carbocycles. The Hall–Kier alpha value is -2.00. The summed E-state index contributed by atoms with van der Waals surface area (Å²) in [7, 11) is -3.85. The lowest BCUT2D eigenvalue weighted by atomic mass is 10.2. The summed E-state index contributed by atoms with van der Waals surface area (Å²) in [4.78, 5) is 26.0. The van der Waals surface area contributed by atoms with Gasteiger partial charge in [0.15, 0.2) is 6.10 Å². The van der Waals surface area contributed by atoms with E-state index >= 15 is 0 Å². The molecule has 0 spiro atoms. The van der Waals surface area contributed by atoms with Crippen molar-refractivity contribution in [2.24, 2.45) is 0 Å². The maximum atomic E-state index is 14.1. The zero-order chi connectivity index (χ0) is 20.2. The van der Waals surface area contributed by atoms with Crippen molar-refractivity contribution >= 4 is 21.9 Å². The average molecular weight is 400 g/mol. The number of sulfonamides is 1. The van der Waals surface area contributed by atoms with Gasteiger partial charge in [0.25, 0.3) is 5.91 Å². The van der Waals surface area contributed by atoms with Crippen molar-refractivity contribution in [1.29, 1.82) is 0 Å². The summed E-state index contributed by atoms with van der Waals surface area (Å²) in [5.41, 5.74) is -0.510. The van der Waals surface area contributed by atoms with Crippen LogP contribution in [-0.2, 0) is 19.6 Å². The molecule has 1 saturated heterocycles. The van der Waals surface area contributed by atoms with Crippen LogP contribution in [0.25, 0.3) is 0 Å². The summed E-state index contributed by atoms with van der Waals surface area (Å²) in [5, 5.41) is 0. The Kier molecular flexibility index (Phi) is 6.94. The monoisotopic (exact) mass is 400 g/mol. The van der Waals surface area contributed by atoms with Crippen molar-refractivity contribution in [3.8, 4) is 0 Å². The van der Waals surface area contributed by atoms with Crippen molar-refractivity contribution in [2.45, 2.75) is 44.6 Å². The fourth-order valence-electron chi connectivity index (χ4n) is 3.00. The molecule has 27 heavy (non-hydrogen) atoms. The highest BCUT2D eigenvalue weighted by molar-refractivity contribution is 7.89. The van der Waals surface area contributed by atoms with Crippen molar-refractivity contribution < 1.29 is 27.1 Å². The summed E-state index contributed by atoms with van der Waals surface area (Å²) in [6, 6.07) is 2.98. The number of benzene rings is 1. The van der Waals surface area contributed by atoms with Gasteiger partial charge in [0.05, 0.1) is 10.5 Å². The van der Waals surface area contributed by atoms with Crippen LogP contribution in [0, 0.1) is 5.82 Å². The number of amides is 1. The van der Waals surface area contributed by atoms with Crippen LogP contribution >= 0.6 is 0 Å². The van der Waals surface area contributed by atoms with Gasteiger partial charge in [-0.2, -0.15) is 4.31 Å². The van der Waals surface area contributed by atoms with Gasteiger partial charge in [-0.3, -0.25) is 4.79 Å². The smallest absolute Gasteiger partial charge is 0.341 e. The Morgan fingerprint density at radius 1 is 1.22 bits per heavy atom. The molecule has 0 aliphatic carbocycles. The zero-order valence-electron chi connectivity index (χ0n) is 15.8. The van der Waals surface area contributed by atoms with Gasteiger partial charge in [0, 0.05) is 26.2 Å². The second-order valence-electron chi connectivity index (χ2n) is 6.31. The van der Waals surface area contributed by atoms with E-state index in [4.69, 9.17) is 4.74 Å². The molecule has 1 aliphatic heterocycles. The van der Waals surface area contributed by atoms with E-state index < -0.39 is 33.5 Å². The fourth-order valence-corrected chi connectivity index (χ4v) is 4.49. The first-order chi connectivity index (χ1) is 12.7. The number of likely N-dealkylation sites (tertiary alicyclic amines) is 1. The highest BCUT2D eigenvalue weighted by atomic mass is 32.2. The van der Waals surface area contributed by atoms with Gasteiger partial charge < -0.3 is 9.64 Å². The lowest BCUT2D eigenvalue weighted by molar-refractivity contribution is -0.138. The van der Waals surface area contributed by atoms with E-state index in [-0.39, 0.29) is 23.9 Å². The highest BCUT2D eigenvalue weighted by Crippen LogP contribution is 2.21. The molecule has 0 bridgehead atoms. The number of nitrogens with zero attached hydrogens (tertiary/aromatic N) is 2. The van der Waals surface area contributed by atoms with Crippen LogP contribution in [0.5, 0.6) is 0 Å². The number of carbonyl (C=O) groups excluding carboxylic acids is 2. The lowest BCUT2D eigenvalue weighted by Gasteiger charge is -2.21. The summed E-state index contributed by atoms with van der Waals surface area (Å²) < 4.78 is 45.6. The fraction of sp³-hybridized carbons (Fsp3) is 0.556. The molecule has 7 nitrogen and oxygen atoms in total. The molecule has 1 aromatic rings. The first-order valence-corrected chi connectivity index (χ1v) is 10.5. The van der Waals surface area contributed by atoms with E-state index in [1.54, 1.807) is 18.7 Å². The minimum Gasteiger partial charge on any atom is -0.449 e. The summed E-state index contributed by atoms with van der Waals surface area (Å²) >= 11 is 0. The predicted octanol–water partition coefficient (Wildman–Crippen LogP) is 2.02. The molecular formula is C18H25FN2O5S. The first-order valence-electron chi connectivity index (χ1n) is 9.01. The van der Waals surface area contributed by atoms with Gasteiger partial charge in [-0.15, -0.1) is 0 Å². The van der Waals surface area contributed by atoms with Gasteiger partial charge in [0.2, 0.25) is 10.0 Å². The molecular weight excluding hydrogens is 375 g/mol. The van der Waals surface area contributed by atoms with Gasteiger partial charge in [-0.1, -0.05) is 13.8 Å². The molecule has 0 unspecified atom stereocenters. The van der Waals surface area contributed by atoms with Gasteiger partial charge >= 0.3 is 5.97 Å². The van der Waals surface area contributed by atoms with E-state index in [1.807, 2.05) is 0 Å². The molecule has 2 rings (SSSR count). The largest absolute Gasteiger partial charge is 0.449 e. The standard InChI is InChI=1S/C18H25FN2O5S/c1-4-21(5-2)27(24,25)14-8-9-16(19)15(12-14)18(23)26-13(3)17(22)20-10-6-7-11-20/h8-9,12-13H,4-7,10-11H2,1-3H3/t13-/m1/s1.